The lowest BCUT2D eigenvalue weighted by Crippen LogP contribution is -2.42. The summed E-state index contributed by atoms with van der Waals surface area (Å²) in [7, 11) is -2.48. The largest absolute Gasteiger partial charge is 0.497 e. The molecule has 1 aliphatic heterocycles. The van der Waals surface area contributed by atoms with Gasteiger partial charge in [0, 0.05) is 0 Å². The SMILES string of the molecule is COc1ccc([C@@H]2CC=C(C(=O)O)[C@H](c3ccc(C)cc3)N2S(=O)(=O)c2ccccc2)cc1. The molecule has 0 fully saturated rings. The third-order valence-corrected chi connectivity index (χ3v) is 7.76. The standard InChI is InChI=1S/C26H25NO5S/c1-18-8-10-20(11-9-18)25-23(26(28)29)16-17-24(19-12-14-21(32-2)15-13-19)27(25)33(30,31)22-6-4-3-5-7-22/h3-16,24-25H,17H2,1-2H3,(H,28,29)/t24-,25-/m0/s1. The van der Waals surface area contributed by atoms with Crippen molar-refractivity contribution < 1.29 is 23.1 Å². The molecule has 0 aromatic heterocycles. The van der Waals surface area contributed by atoms with Crippen LogP contribution in [-0.4, -0.2) is 30.9 Å². The Hall–Kier alpha value is -3.42. The Labute approximate surface area is 193 Å². The molecule has 7 heteroatoms. The smallest absolute Gasteiger partial charge is 0.333 e. The zero-order chi connectivity index (χ0) is 23.6. The van der Waals surface area contributed by atoms with Crippen LogP contribution in [0.1, 0.15) is 35.2 Å². The van der Waals surface area contributed by atoms with E-state index < -0.39 is 28.1 Å². The molecule has 0 spiro atoms. The van der Waals surface area contributed by atoms with Crippen molar-refractivity contribution in [2.75, 3.05) is 7.11 Å². The normalized spacial score (nSPS) is 19.0. The highest BCUT2D eigenvalue weighted by atomic mass is 32.2. The highest BCUT2D eigenvalue weighted by molar-refractivity contribution is 7.89. The van der Waals surface area contributed by atoms with E-state index in [-0.39, 0.29) is 16.9 Å². The molecule has 3 aromatic carbocycles. The molecule has 3 aromatic rings. The van der Waals surface area contributed by atoms with E-state index in [1.54, 1.807) is 55.7 Å². The summed E-state index contributed by atoms with van der Waals surface area (Å²) >= 11 is 0. The first-order valence-electron chi connectivity index (χ1n) is 10.6. The van der Waals surface area contributed by atoms with Gasteiger partial charge in [0.1, 0.15) is 5.75 Å². The van der Waals surface area contributed by atoms with Crippen molar-refractivity contribution in [1.82, 2.24) is 4.31 Å². The van der Waals surface area contributed by atoms with Crippen LogP contribution < -0.4 is 4.74 Å². The predicted octanol–water partition coefficient (Wildman–Crippen LogP) is 4.89. The molecule has 0 bridgehead atoms. The first kappa shape index (κ1) is 22.8. The first-order chi connectivity index (χ1) is 15.8. The van der Waals surface area contributed by atoms with Gasteiger partial charge in [0.2, 0.25) is 10.0 Å². The number of hydrogen-bond donors (Lipinski definition) is 1. The van der Waals surface area contributed by atoms with Crippen LogP contribution in [0.3, 0.4) is 0 Å². The van der Waals surface area contributed by atoms with E-state index in [4.69, 9.17) is 4.74 Å². The van der Waals surface area contributed by atoms with Crippen LogP contribution >= 0.6 is 0 Å². The van der Waals surface area contributed by atoms with Gasteiger partial charge in [0.15, 0.2) is 0 Å². The molecule has 0 saturated carbocycles. The van der Waals surface area contributed by atoms with Gasteiger partial charge in [-0.3, -0.25) is 0 Å². The van der Waals surface area contributed by atoms with Crippen LogP contribution in [0.15, 0.2) is 95.4 Å². The number of aryl methyl sites for hydroxylation is 1. The van der Waals surface area contributed by atoms with E-state index in [0.717, 1.165) is 11.1 Å². The van der Waals surface area contributed by atoms with Crippen LogP contribution in [-0.2, 0) is 14.8 Å². The Kier molecular flexibility index (Phi) is 6.35. The van der Waals surface area contributed by atoms with E-state index in [0.29, 0.717) is 11.3 Å². The third kappa shape index (κ3) is 4.42. The van der Waals surface area contributed by atoms with Crippen molar-refractivity contribution in [2.24, 2.45) is 0 Å². The molecule has 4 rings (SSSR count). The number of methoxy groups -OCH3 is 1. The maximum Gasteiger partial charge on any atom is 0.333 e. The summed E-state index contributed by atoms with van der Waals surface area (Å²) in [5.41, 5.74) is 2.41. The number of ether oxygens (including phenoxy) is 1. The predicted molar refractivity (Wildman–Crippen MR) is 125 cm³/mol. The van der Waals surface area contributed by atoms with Gasteiger partial charge in [-0.2, -0.15) is 4.31 Å². The second-order valence-corrected chi connectivity index (χ2v) is 9.79. The lowest BCUT2D eigenvalue weighted by Gasteiger charge is -2.40. The van der Waals surface area contributed by atoms with Crippen molar-refractivity contribution in [2.45, 2.75) is 30.3 Å². The minimum absolute atomic E-state index is 0.0446. The van der Waals surface area contributed by atoms with Crippen LogP contribution in [0.25, 0.3) is 0 Å². The number of rotatable bonds is 6. The summed E-state index contributed by atoms with van der Waals surface area (Å²) in [6.45, 7) is 1.93. The zero-order valence-electron chi connectivity index (χ0n) is 18.4. The lowest BCUT2D eigenvalue weighted by molar-refractivity contribution is -0.133. The fraction of sp³-hybridized carbons (Fsp3) is 0.192. The molecule has 33 heavy (non-hydrogen) atoms. The van der Waals surface area contributed by atoms with E-state index in [9.17, 15) is 18.3 Å². The Morgan fingerprint density at radius 1 is 0.939 bits per heavy atom. The maximum atomic E-state index is 14.0. The minimum atomic E-state index is -4.05. The second-order valence-electron chi connectivity index (χ2n) is 7.95. The highest BCUT2D eigenvalue weighted by Gasteiger charge is 2.44. The molecule has 0 amide bonds. The lowest BCUT2D eigenvalue weighted by atomic mass is 9.89. The Morgan fingerprint density at radius 3 is 2.12 bits per heavy atom. The molecule has 0 saturated heterocycles. The number of carbonyl (C=O) groups is 1. The number of benzene rings is 3. The number of nitrogens with zero attached hydrogens (tertiary/aromatic N) is 1. The molecule has 1 heterocycles. The summed E-state index contributed by atoms with van der Waals surface area (Å²) in [6, 6.07) is 21.1. The molecule has 6 nitrogen and oxygen atoms in total. The average Bonchev–Trinajstić information content (AvgIpc) is 2.84. The molecule has 1 N–H and O–H groups in total. The minimum Gasteiger partial charge on any atom is -0.497 e. The van der Waals surface area contributed by atoms with Gasteiger partial charge in [-0.15, -0.1) is 0 Å². The molecular weight excluding hydrogens is 438 g/mol. The summed E-state index contributed by atoms with van der Waals surface area (Å²) in [6.07, 6.45) is 1.88. The van der Waals surface area contributed by atoms with Gasteiger partial charge >= 0.3 is 5.97 Å². The Morgan fingerprint density at radius 2 is 1.55 bits per heavy atom. The molecule has 2 atom stereocenters. The van der Waals surface area contributed by atoms with Gasteiger partial charge in [-0.1, -0.05) is 66.2 Å². The molecule has 170 valence electrons. The van der Waals surface area contributed by atoms with Crippen molar-refractivity contribution >= 4 is 16.0 Å². The Bertz CT molecular complexity index is 1270. The quantitative estimate of drug-likeness (QED) is 0.563. The van der Waals surface area contributed by atoms with Crippen molar-refractivity contribution in [3.05, 3.63) is 107 Å². The summed E-state index contributed by atoms with van der Waals surface area (Å²) in [4.78, 5) is 12.4. The van der Waals surface area contributed by atoms with Gasteiger partial charge in [-0.05, 0) is 48.7 Å². The second kappa shape index (κ2) is 9.21. The number of aliphatic carboxylic acids is 1. The molecule has 0 unspecified atom stereocenters. The molecule has 0 aliphatic carbocycles. The van der Waals surface area contributed by atoms with Gasteiger partial charge < -0.3 is 9.84 Å². The number of hydrogen-bond acceptors (Lipinski definition) is 4. The van der Waals surface area contributed by atoms with Crippen LogP contribution in [0.4, 0.5) is 0 Å². The van der Waals surface area contributed by atoms with Crippen LogP contribution in [0.5, 0.6) is 5.75 Å². The summed E-state index contributed by atoms with van der Waals surface area (Å²) < 4.78 is 34.6. The van der Waals surface area contributed by atoms with E-state index in [2.05, 4.69) is 0 Å². The summed E-state index contributed by atoms with van der Waals surface area (Å²) in [5.74, 6) is -0.481. The van der Waals surface area contributed by atoms with Crippen molar-refractivity contribution in [1.29, 1.82) is 0 Å². The fourth-order valence-electron chi connectivity index (χ4n) is 4.18. The first-order valence-corrected chi connectivity index (χ1v) is 12.0. The van der Waals surface area contributed by atoms with E-state index in [1.807, 2.05) is 31.2 Å². The van der Waals surface area contributed by atoms with Gasteiger partial charge in [-0.25, -0.2) is 13.2 Å². The van der Waals surface area contributed by atoms with Crippen molar-refractivity contribution in [3.63, 3.8) is 0 Å². The molecule has 1 aliphatic rings. The van der Waals surface area contributed by atoms with Crippen LogP contribution in [0, 0.1) is 6.92 Å². The number of carboxylic acids is 1. The number of sulfonamides is 1. The third-order valence-electron chi connectivity index (χ3n) is 5.88. The highest BCUT2D eigenvalue weighted by Crippen LogP contribution is 2.45. The van der Waals surface area contributed by atoms with Crippen molar-refractivity contribution in [3.8, 4) is 5.75 Å². The van der Waals surface area contributed by atoms with E-state index >= 15 is 0 Å². The number of carboxylic acid groups (broad SMARTS) is 1. The fourth-order valence-corrected chi connectivity index (χ4v) is 5.98. The average molecular weight is 464 g/mol. The van der Waals surface area contributed by atoms with Crippen LogP contribution in [0.2, 0.25) is 0 Å². The van der Waals surface area contributed by atoms with Gasteiger partial charge in [0.05, 0.1) is 29.7 Å². The van der Waals surface area contributed by atoms with Gasteiger partial charge in [0.25, 0.3) is 0 Å². The Balaban J connectivity index is 1.94. The van der Waals surface area contributed by atoms with E-state index in [1.165, 1.54) is 16.4 Å². The zero-order valence-corrected chi connectivity index (χ0v) is 19.2. The monoisotopic (exact) mass is 463 g/mol. The topological polar surface area (TPSA) is 83.9 Å². The summed E-state index contributed by atoms with van der Waals surface area (Å²) in [5, 5.41) is 10.00. The molecule has 0 radical (unpaired) electrons. The maximum absolute atomic E-state index is 14.0. The molecular formula is C26H25NO5S.